The van der Waals surface area contributed by atoms with Crippen LogP contribution in [0.15, 0.2) is 24.3 Å². The number of benzene rings is 1. The minimum absolute atomic E-state index is 0.172. The van der Waals surface area contributed by atoms with Crippen LogP contribution in [0.2, 0.25) is 0 Å². The van der Waals surface area contributed by atoms with E-state index in [-0.39, 0.29) is 16.9 Å². The molecule has 0 radical (unpaired) electrons. The quantitative estimate of drug-likeness (QED) is 0.861. The van der Waals surface area contributed by atoms with Crippen molar-refractivity contribution < 1.29 is 14.7 Å². The molecule has 4 nitrogen and oxygen atoms in total. The number of nitrogens with one attached hydrogen (secondary N) is 1. The summed E-state index contributed by atoms with van der Waals surface area (Å²) >= 11 is 1.41. The average Bonchev–Trinajstić information content (AvgIpc) is 2.83. The van der Waals surface area contributed by atoms with E-state index >= 15 is 0 Å². The Kier molecular flexibility index (Phi) is 4.22. The first-order valence-electron chi connectivity index (χ1n) is 8.03. The second-order valence-electron chi connectivity index (χ2n) is 7.17. The maximum absolute atomic E-state index is 12.4. The lowest BCUT2D eigenvalue weighted by atomic mass is 9.77. The van der Waals surface area contributed by atoms with Crippen molar-refractivity contribution in [1.29, 1.82) is 0 Å². The first-order chi connectivity index (χ1) is 11.3. The van der Waals surface area contributed by atoms with Crippen molar-refractivity contribution in [2.75, 3.05) is 5.32 Å². The number of anilines is 1. The number of aryl methyl sites for hydroxylation is 1. The van der Waals surface area contributed by atoms with Crippen LogP contribution in [0.3, 0.4) is 0 Å². The van der Waals surface area contributed by atoms with Crippen molar-refractivity contribution in [3.63, 3.8) is 0 Å². The summed E-state index contributed by atoms with van der Waals surface area (Å²) in [7, 11) is 0. The fraction of sp³-hybridized carbons (Fsp3) is 0.368. The van der Waals surface area contributed by atoms with Crippen LogP contribution in [-0.4, -0.2) is 17.0 Å². The van der Waals surface area contributed by atoms with Crippen molar-refractivity contribution in [3.8, 4) is 0 Å². The number of carboxylic acid groups (broad SMARTS) is 1. The third-order valence-electron chi connectivity index (χ3n) is 4.54. The summed E-state index contributed by atoms with van der Waals surface area (Å²) in [6.45, 7) is 6.35. The molecule has 2 aromatic rings. The zero-order chi connectivity index (χ0) is 17.5. The van der Waals surface area contributed by atoms with Crippen LogP contribution in [0.1, 0.15) is 57.0 Å². The SMILES string of the molecule is Cc1ccc(C(=O)Nc2sc3c(c2C(=O)O)CCC(C)(C)C3)cc1. The number of fused-ring (bicyclic) bond motifs is 1. The van der Waals surface area contributed by atoms with E-state index in [1.807, 2.05) is 19.1 Å². The molecule has 1 amide bonds. The van der Waals surface area contributed by atoms with Gasteiger partial charge in [0.1, 0.15) is 5.00 Å². The number of carboxylic acids is 1. The maximum Gasteiger partial charge on any atom is 0.339 e. The Morgan fingerprint density at radius 3 is 2.50 bits per heavy atom. The van der Waals surface area contributed by atoms with Crippen molar-refractivity contribution in [1.82, 2.24) is 0 Å². The van der Waals surface area contributed by atoms with E-state index in [2.05, 4.69) is 19.2 Å². The molecule has 0 fully saturated rings. The van der Waals surface area contributed by atoms with E-state index in [0.29, 0.717) is 10.6 Å². The maximum atomic E-state index is 12.4. The smallest absolute Gasteiger partial charge is 0.339 e. The summed E-state index contributed by atoms with van der Waals surface area (Å²) in [6.07, 6.45) is 2.57. The van der Waals surface area contributed by atoms with Gasteiger partial charge in [-0.05, 0) is 49.3 Å². The van der Waals surface area contributed by atoms with Gasteiger partial charge in [-0.2, -0.15) is 0 Å². The number of aromatic carboxylic acids is 1. The Balaban J connectivity index is 1.93. The van der Waals surface area contributed by atoms with E-state index in [1.54, 1.807) is 12.1 Å². The summed E-state index contributed by atoms with van der Waals surface area (Å²) in [5, 5.41) is 12.9. The highest BCUT2D eigenvalue weighted by atomic mass is 32.1. The van der Waals surface area contributed by atoms with Gasteiger partial charge in [0, 0.05) is 10.4 Å². The van der Waals surface area contributed by atoms with Gasteiger partial charge in [-0.25, -0.2) is 4.79 Å². The summed E-state index contributed by atoms with van der Waals surface area (Å²) in [6, 6.07) is 7.24. The molecule has 1 aliphatic rings. The summed E-state index contributed by atoms with van der Waals surface area (Å²) in [5.74, 6) is -1.23. The van der Waals surface area contributed by atoms with Crippen LogP contribution in [0.5, 0.6) is 0 Å². The second-order valence-corrected chi connectivity index (χ2v) is 8.28. The summed E-state index contributed by atoms with van der Waals surface area (Å²) < 4.78 is 0. The third-order valence-corrected chi connectivity index (χ3v) is 5.68. The lowest BCUT2D eigenvalue weighted by Gasteiger charge is -2.29. The number of carbonyl (C=O) groups excluding carboxylic acids is 1. The number of amides is 1. The zero-order valence-corrected chi connectivity index (χ0v) is 14.9. The molecule has 0 saturated carbocycles. The molecule has 0 saturated heterocycles. The molecule has 0 bridgehead atoms. The largest absolute Gasteiger partial charge is 0.478 e. The normalized spacial score (nSPS) is 15.6. The van der Waals surface area contributed by atoms with Crippen molar-refractivity contribution in [2.45, 2.75) is 40.0 Å². The number of hydrogen-bond donors (Lipinski definition) is 2. The number of rotatable bonds is 3. The van der Waals surface area contributed by atoms with Crippen molar-refractivity contribution >= 4 is 28.2 Å². The monoisotopic (exact) mass is 343 g/mol. The molecule has 5 heteroatoms. The molecule has 2 N–H and O–H groups in total. The molecule has 0 aliphatic heterocycles. The summed E-state index contributed by atoms with van der Waals surface area (Å²) in [5.41, 5.74) is 2.94. The molecular weight excluding hydrogens is 322 g/mol. The fourth-order valence-corrected chi connectivity index (χ4v) is 4.59. The van der Waals surface area contributed by atoms with Gasteiger partial charge in [0.15, 0.2) is 0 Å². The molecule has 0 atom stereocenters. The summed E-state index contributed by atoms with van der Waals surface area (Å²) in [4.78, 5) is 25.3. The number of thiophene rings is 1. The highest BCUT2D eigenvalue weighted by Gasteiger charge is 2.32. The highest BCUT2D eigenvalue weighted by Crippen LogP contribution is 2.43. The lowest BCUT2D eigenvalue weighted by molar-refractivity contribution is 0.0696. The molecule has 0 spiro atoms. The van der Waals surface area contributed by atoms with Gasteiger partial charge in [0.05, 0.1) is 5.56 Å². The Labute approximate surface area is 145 Å². The van der Waals surface area contributed by atoms with E-state index in [1.165, 1.54) is 11.3 Å². The number of hydrogen-bond acceptors (Lipinski definition) is 3. The van der Waals surface area contributed by atoms with E-state index < -0.39 is 5.97 Å². The highest BCUT2D eigenvalue weighted by molar-refractivity contribution is 7.17. The predicted octanol–water partition coefficient (Wildman–Crippen LogP) is 4.52. The minimum Gasteiger partial charge on any atom is -0.478 e. The van der Waals surface area contributed by atoms with Gasteiger partial charge in [-0.15, -0.1) is 11.3 Å². The van der Waals surface area contributed by atoms with Crippen LogP contribution in [0.4, 0.5) is 5.00 Å². The molecule has 0 unspecified atom stereocenters. The van der Waals surface area contributed by atoms with Crippen LogP contribution in [0.25, 0.3) is 0 Å². The number of carbonyl (C=O) groups is 2. The Morgan fingerprint density at radius 1 is 1.21 bits per heavy atom. The first kappa shape index (κ1) is 16.7. The molecule has 1 aromatic heterocycles. The Morgan fingerprint density at radius 2 is 1.88 bits per heavy atom. The lowest BCUT2D eigenvalue weighted by Crippen LogP contribution is -2.21. The van der Waals surface area contributed by atoms with Crippen molar-refractivity contribution in [2.24, 2.45) is 5.41 Å². The second kappa shape index (κ2) is 6.06. The van der Waals surface area contributed by atoms with E-state index in [4.69, 9.17) is 0 Å². The zero-order valence-electron chi connectivity index (χ0n) is 14.1. The van der Waals surface area contributed by atoms with Crippen LogP contribution in [-0.2, 0) is 12.8 Å². The Bertz CT molecular complexity index is 803. The van der Waals surface area contributed by atoms with Gasteiger partial charge >= 0.3 is 5.97 Å². The Hall–Kier alpha value is -2.14. The van der Waals surface area contributed by atoms with Gasteiger partial charge in [-0.1, -0.05) is 31.5 Å². The fourth-order valence-electron chi connectivity index (χ4n) is 3.10. The van der Waals surface area contributed by atoms with E-state index in [0.717, 1.165) is 35.3 Å². The van der Waals surface area contributed by atoms with Crippen LogP contribution >= 0.6 is 11.3 Å². The van der Waals surface area contributed by atoms with Gasteiger partial charge in [0.2, 0.25) is 0 Å². The minimum atomic E-state index is -0.966. The van der Waals surface area contributed by atoms with Gasteiger partial charge < -0.3 is 10.4 Å². The molecule has 24 heavy (non-hydrogen) atoms. The molecule has 1 heterocycles. The molecule has 1 aromatic carbocycles. The van der Waals surface area contributed by atoms with Crippen LogP contribution < -0.4 is 5.32 Å². The third kappa shape index (κ3) is 3.22. The van der Waals surface area contributed by atoms with Gasteiger partial charge in [0.25, 0.3) is 5.91 Å². The van der Waals surface area contributed by atoms with Gasteiger partial charge in [-0.3, -0.25) is 4.79 Å². The average molecular weight is 343 g/mol. The molecule has 1 aliphatic carbocycles. The molecular formula is C19H21NO3S. The standard InChI is InChI=1S/C19H21NO3S/c1-11-4-6-12(7-5-11)16(21)20-17-15(18(22)23)13-8-9-19(2,3)10-14(13)24-17/h4-7H,8-10H2,1-3H3,(H,20,21)(H,22,23). The first-order valence-corrected chi connectivity index (χ1v) is 8.84. The van der Waals surface area contributed by atoms with Crippen molar-refractivity contribution in [3.05, 3.63) is 51.4 Å². The predicted molar refractivity (Wildman–Crippen MR) is 96.2 cm³/mol. The molecule has 3 rings (SSSR count). The topological polar surface area (TPSA) is 66.4 Å². The molecule has 126 valence electrons. The van der Waals surface area contributed by atoms with E-state index in [9.17, 15) is 14.7 Å². The van der Waals surface area contributed by atoms with Crippen LogP contribution in [0, 0.1) is 12.3 Å².